The zero-order valence-electron chi connectivity index (χ0n) is 24.5. The Labute approximate surface area is 250 Å². The summed E-state index contributed by atoms with van der Waals surface area (Å²) in [5.41, 5.74) is 8.02. The van der Waals surface area contributed by atoms with E-state index in [4.69, 9.17) is 5.73 Å². The highest BCUT2D eigenvalue weighted by molar-refractivity contribution is 5.94. The molecule has 5 atom stereocenters. The molecule has 2 saturated heterocycles. The first-order valence-corrected chi connectivity index (χ1v) is 14.9. The fraction of sp³-hybridized carbons (Fsp3) is 0.531. The van der Waals surface area contributed by atoms with Gasteiger partial charge in [-0.3, -0.25) is 14.4 Å². The van der Waals surface area contributed by atoms with Crippen molar-refractivity contribution in [3.63, 3.8) is 0 Å². The Morgan fingerprint density at radius 1 is 0.927 bits per heavy atom. The number of nitrogens with zero attached hydrogens (tertiary/aromatic N) is 2. The Morgan fingerprint density at radius 2 is 1.49 bits per heavy atom. The highest BCUT2D eigenvalue weighted by Gasteiger charge is 2.48. The predicted molar refractivity (Wildman–Crippen MR) is 157 cm³/mol. The molecule has 2 heterocycles. The third-order valence-corrected chi connectivity index (χ3v) is 8.68. The molecule has 0 bridgehead atoms. The van der Waals surface area contributed by atoms with Gasteiger partial charge in [-0.2, -0.15) is 0 Å². The minimum atomic E-state index is -0.705. The molecule has 2 aromatic carbocycles. The number of nitrogens with two attached hydrogens (primary N) is 1. The molecular weight excluding hydrogens is 538 g/mol. The molecule has 0 saturated carbocycles. The molecule has 0 aliphatic carbocycles. The van der Waals surface area contributed by atoms with Crippen molar-refractivity contribution < 1.29 is 26.8 Å². The van der Waals surface area contributed by atoms with Gasteiger partial charge in [0.1, 0.15) is 12.1 Å². The van der Waals surface area contributed by atoms with Crippen molar-refractivity contribution >= 4 is 17.7 Å². The number of rotatable bonds is 11. The average molecular weight is 583 g/mol. The van der Waals surface area contributed by atoms with Gasteiger partial charge in [-0.15, -0.1) is 0 Å². The number of benzene rings is 2. The molecule has 41 heavy (non-hydrogen) atoms. The lowest BCUT2D eigenvalue weighted by Crippen LogP contribution is -3.00. The van der Waals surface area contributed by atoms with Crippen LogP contribution in [0.4, 0.5) is 0 Å². The van der Waals surface area contributed by atoms with E-state index in [-0.39, 0.29) is 48.1 Å². The van der Waals surface area contributed by atoms with Crippen LogP contribution in [0.25, 0.3) is 0 Å². The molecule has 0 spiro atoms. The quantitative estimate of drug-likeness (QED) is 0.352. The van der Waals surface area contributed by atoms with E-state index >= 15 is 0 Å². The van der Waals surface area contributed by atoms with E-state index < -0.39 is 18.1 Å². The number of carbonyl (C=O) groups excluding carboxylic acids is 3. The van der Waals surface area contributed by atoms with Crippen LogP contribution in [0, 0.1) is 5.92 Å². The molecule has 0 aromatic heterocycles. The number of carbonyl (C=O) groups is 3. The zero-order valence-corrected chi connectivity index (χ0v) is 25.2. The van der Waals surface area contributed by atoms with Crippen LogP contribution in [0.3, 0.4) is 0 Å². The van der Waals surface area contributed by atoms with Crippen LogP contribution >= 0.6 is 0 Å². The van der Waals surface area contributed by atoms with Crippen LogP contribution in [-0.2, 0) is 14.4 Å². The summed E-state index contributed by atoms with van der Waals surface area (Å²) in [6, 6.07) is 17.5. The molecular formula is C32H45ClN5O3-. The molecule has 8 nitrogen and oxygen atoms in total. The molecule has 4 rings (SSSR count). The van der Waals surface area contributed by atoms with E-state index in [2.05, 4.69) is 29.4 Å². The third-order valence-electron chi connectivity index (χ3n) is 8.68. The third kappa shape index (κ3) is 7.67. The standard InChI is InChI=1S/C32H45N5O3.ClH/c1-4-26(33)30(38)35-29-24(21-36(5-2)6-3)17-18-25-19-20-27(37(25)32(29)40)31(39)34-28(22-13-9-7-10-14-22)23-15-11-8-12-16-23;/h7-16,24-29H,4-6,17-21,33H2,1-3H3,(H,34,39)(H,35,38);1H/p-1/t24-,25+,26+,27+,29+;/m1./s1. The van der Waals surface area contributed by atoms with E-state index in [9.17, 15) is 14.4 Å². The number of nitrogens with one attached hydrogen (secondary N) is 2. The molecule has 0 unspecified atom stereocenters. The fourth-order valence-corrected chi connectivity index (χ4v) is 6.22. The first kappa shape index (κ1) is 32.6. The van der Waals surface area contributed by atoms with E-state index in [0.29, 0.717) is 19.4 Å². The first-order valence-electron chi connectivity index (χ1n) is 14.9. The van der Waals surface area contributed by atoms with Gasteiger partial charge < -0.3 is 38.6 Å². The minimum absolute atomic E-state index is 0. The molecule has 3 amide bonds. The Balaban J connectivity index is 0.00000462. The van der Waals surface area contributed by atoms with Crippen LogP contribution in [0.15, 0.2) is 60.7 Å². The summed E-state index contributed by atoms with van der Waals surface area (Å²) in [5.74, 6) is -0.676. The molecule has 2 aliphatic heterocycles. The summed E-state index contributed by atoms with van der Waals surface area (Å²) in [5, 5.41) is 6.28. The summed E-state index contributed by atoms with van der Waals surface area (Å²) in [6.45, 7) is 8.53. The number of fused-ring (bicyclic) bond motifs is 1. The Hall–Kier alpha value is -2.94. The maximum atomic E-state index is 14.3. The van der Waals surface area contributed by atoms with Crippen molar-refractivity contribution in [2.75, 3.05) is 19.6 Å². The maximum absolute atomic E-state index is 14.3. The molecule has 224 valence electrons. The van der Waals surface area contributed by atoms with Gasteiger partial charge in [0, 0.05) is 18.5 Å². The lowest BCUT2D eigenvalue weighted by molar-refractivity contribution is -0.144. The van der Waals surface area contributed by atoms with Crippen LogP contribution in [0.5, 0.6) is 0 Å². The number of hydrogen-bond donors (Lipinski definition) is 3. The van der Waals surface area contributed by atoms with E-state index in [1.807, 2.05) is 67.6 Å². The maximum Gasteiger partial charge on any atom is 0.246 e. The lowest BCUT2D eigenvalue weighted by atomic mass is 9.92. The van der Waals surface area contributed by atoms with E-state index in [1.165, 1.54) is 0 Å². The van der Waals surface area contributed by atoms with Crippen molar-refractivity contribution in [3.05, 3.63) is 71.8 Å². The van der Waals surface area contributed by atoms with Gasteiger partial charge in [0.25, 0.3) is 0 Å². The van der Waals surface area contributed by atoms with E-state index in [1.54, 1.807) is 4.90 Å². The SMILES string of the molecule is CC[C@H](N)C(=O)N[C@@H]1C(=O)N2[C@@H](CC[C@@H]1CN(CC)CC)CC[C@H]2C(=O)NC(c1ccccc1)c1ccccc1.[Cl-]. The van der Waals surface area contributed by atoms with Gasteiger partial charge in [-0.25, -0.2) is 0 Å². The first-order chi connectivity index (χ1) is 19.4. The topological polar surface area (TPSA) is 108 Å². The van der Waals surface area contributed by atoms with Crippen molar-refractivity contribution in [1.29, 1.82) is 0 Å². The minimum Gasteiger partial charge on any atom is -1.00 e. The number of halogens is 1. The smallest absolute Gasteiger partial charge is 0.246 e. The van der Waals surface area contributed by atoms with Crippen molar-refractivity contribution in [1.82, 2.24) is 20.4 Å². The molecule has 2 aromatic rings. The van der Waals surface area contributed by atoms with Crippen molar-refractivity contribution in [2.45, 2.75) is 83.1 Å². The highest BCUT2D eigenvalue weighted by Crippen LogP contribution is 2.35. The van der Waals surface area contributed by atoms with Crippen LogP contribution in [0.1, 0.15) is 70.0 Å². The van der Waals surface area contributed by atoms with Gasteiger partial charge in [0.15, 0.2) is 0 Å². The van der Waals surface area contributed by atoms with Crippen molar-refractivity contribution in [3.8, 4) is 0 Å². The molecule has 9 heteroatoms. The highest BCUT2D eigenvalue weighted by atomic mass is 35.5. The average Bonchev–Trinajstić information content (AvgIpc) is 3.38. The molecule has 4 N–H and O–H groups in total. The van der Waals surface area contributed by atoms with Gasteiger partial charge in [-0.1, -0.05) is 81.4 Å². The predicted octanol–water partition coefficient (Wildman–Crippen LogP) is 0.230. The molecule has 0 radical (unpaired) electrons. The van der Waals surface area contributed by atoms with Gasteiger partial charge >= 0.3 is 0 Å². The summed E-state index contributed by atoms with van der Waals surface area (Å²) in [6.07, 6.45) is 3.49. The van der Waals surface area contributed by atoms with Gasteiger partial charge in [-0.05, 0) is 56.3 Å². The monoisotopic (exact) mass is 582 g/mol. The van der Waals surface area contributed by atoms with Crippen LogP contribution in [-0.4, -0.2) is 71.3 Å². The number of amides is 3. The van der Waals surface area contributed by atoms with Crippen LogP contribution < -0.4 is 28.8 Å². The normalized spacial score (nSPS) is 23.0. The second-order valence-electron chi connectivity index (χ2n) is 11.1. The Bertz CT molecular complexity index is 1090. The Kier molecular flexibility index (Phi) is 12.2. The van der Waals surface area contributed by atoms with Crippen molar-refractivity contribution in [2.24, 2.45) is 11.7 Å². The van der Waals surface area contributed by atoms with E-state index in [0.717, 1.165) is 43.5 Å². The lowest BCUT2D eigenvalue weighted by Gasteiger charge is -2.34. The number of hydrogen-bond acceptors (Lipinski definition) is 5. The second kappa shape index (κ2) is 15.3. The zero-order chi connectivity index (χ0) is 28.6. The summed E-state index contributed by atoms with van der Waals surface area (Å²) in [7, 11) is 0. The fourth-order valence-electron chi connectivity index (χ4n) is 6.22. The molecule has 2 fully saturated rings. The summed E-state index contributed by atoms with van der Waals surface area (Å²) in [4.78, 5) is 45.2. The largest absolute Gasteiger partial charge is 1.00 e. The molecule has 2 aliphatic rings. The van der Waals surface area contributed by atoms with Crippen LogP contribution in [0.2, 0.25) is 0 Å². The summed E-state index contributed by atoms with van der Waals surface area (Å²) < 4.78 is 0. The Morgan fingerprint density at radius 3 is 2.02 bits per heavy atom. The van der Waals surface area contributed by atoms with Gasteiger partial charge in [0.2, 0.25) is 17.7 Å². The van der Waals surface area contributed by atoms with Gasteiger partial charge in [0.05, 0.1) is 12.1 Å². The second-order valence-corrected chi connectivity index (χ2v) is 11.1. The summed E-state index contributed by atoms with van der Waals surface area (Å²) >= 11 is 0.